The van der Waals surface area contributed by atoms with Crippen LogP contribution in [0.2, 0.25) is 0 Å². The summed E-state index contributed by atoms with van der Waals surface area (Å²) < 4.78 is 1.76. The molecule has 2 aliphatic heterocycles. The van der Waals surface area contributed by atoms with Gasteiger partial charge in [0, 0.05) is 43.0 Å². The third-order valence-electron chi connectivity index (χ3n) is 6.06. The lowest BCUT2D eigenvalue weighted by molar-refractivity contribution is -0.125. The summed E-state index contributed by atoms with van der Waals surface area (Å²) in [7, 11) is 0. The highest BCUT2D eigenvalue weighted by Crippen LogP contribution is 2.32. The largest absolute Gasteiger partial charge is 0.352 e. The predicted octanol–water partition coefficient (Wildman–Crippen LogP) is 3.25. The Bertz CT molecular complexity index is 1180. The number of nitrogens with zero attached hydrogens (tertiary/aromatic N) is 4. The van der Waals surface area contributed by atoms with Gasteiger partial charge in [-0.15, -0.1) is 0 Å². The molecular formula is C23H24N6O2. The van der Waals surface area contributed by atoms with Crippen molar-refractivity contribution in [3.05, 3.63) is 60.6 Å². The Labute approximate surface area is 180 Å². The van der Waals surface area contributed by atoms with Crippen molar-refractivity contribution in [2.75, 3.05) is 23.7 Å². The smallest absolute Gasteiger partial charge is 0.245 e. The molecule has 2 amide bonds. The molecule has 3 aromatic rings. The Kier molecular flexibility index (Phi) is 4.89. The first-order valence-electron chi connectivity index (χ1n) is 10.5. The molecule has 158 valence electrons. The van der Waals surface area contributed by atoms with Crippen molar-refractivity contribution in [1.82, 2.24) is 19.5 Å². The van der Waals surface area contributed by atoms with E-state index in [2.05, 4.69) is 39.4 Å². The molecule has 0 bridgehead atoms. The van der Waals surface area contributed by atoms with Crippen LogP contribution in [0.5, 0.6) is 0 Å². The molecular weight excluding hydrogens is 392 g/mol. The van der Waals surface area contributed by atoms with Gasteiger partial charge in [-0.25, -0.2) is 9.50 Å². The third-order valence-corrected chi connectivity index (χ3v) is 6.06. The van der Waals surface area contributed by atoms with Gasteiger partial charge in [0.2, 0.25) is 11.8 Å². The fourth-order valence-electron chi connectivity index (χ4n) is 4.42. The highest BCUT2D eigenvalue weighted by Gasteiger charge is 2.27. The number of aromatic nitrogens is 3. The van der Waals surface area contributed by atoms with Crippen molar-refractivity contribution in [1.29, 1.82) is 0 Å². The van der Waals surface area contributed by atoms with E-state index in [1.165, 1.54) is 12.4 Å². The average Bonchev–Trinajstić information content (AvgIpc) is 3.40. The fraction of sp³-hybridized carbons (Fsp3) is 0.304. The van der Waals surface area contributed by atoms with Crippen molar-refractivity contribution < 1.29 is 9.59 Å². The molecule has 2 N–H and O–H groups in total. The maximum absolute atomic E-state index is 12.0. The minimum Gasteiger partial charge on any atom is -0.352 e. The molecule has 2 aliphatic rings. The summed E-state index contributed by atoms with van der Waals surface area (Å²) in [5, 5.41) is 10.8. The van der Waals surface area contributed by atoms with Crippen molar-refractivity contribution in [2.24, 2.45) is 0 Å². The van der Waals surface area contributed by atoms with E-state index in [9.17, 15) is 9.59 Å². The summed E-state index contributed by atoms with van der Waals surface area (Å²) in [5.41, 5.74) is 5.54. The summed E-state index contributed by atoms with van der Waals surface area (Å²) in [6.07, 6.45) is 8.07. The second-order valence-corrected chi connectivity index (χ2v) is 8.09. The van der Waals surface area contributed by atoms with E-state index in [1.807, 2.05) is 23.2 Å². The number of carbonyl (C=O) groups is 2. The minimum atomic E-state index is -0.0327. The van der Waals surface area contributed by atoms with Gasteiger partial charge < -0.3 is 15.5 Å². The summed E-state index contributed by atoms with van der Waals surface area (Å²) in [5.74, 6) is 0.247. The van der Waals surface area contributed by atoms with Crippen molar-refractivity contribution in [3.8, 4) is 0 Å². The second-order valence-electron chi connectivity index (χ2n) is 8.09. The van der Waals surface area contributed by atoms with E-state index in [0.717, 1.165) is 59.6 Å². The predicted molar refractivity (Wildman–Crippen MR) is 118 cm³/mol. The highest BCUT2D eigenvalue weighted by molar-refractivity contribution is 5.93. The number of aryl methyl sites for hydroxylation is 1. The van der Waals surface area contributed by atoms with Gasteiger partial charge in [-0.1, -0.05) is 12.6 Å². The van der Waals surface area contributed by atoms with Crippen LogP contribution in [0.1, 0.15) is 36.3 Å². The zero-order valence-electron chi connectivity index (χ0n) is 17.2. The van der Waals surface area contributed by atoms with Crippen LogP contribution >= 0.6 is 0 Å². The van der Waals surface area contributed by atoms with Gasteiger partial charge in [-0.2, -0.15) is 5.10 Å². The van der Waals surface area contributed by atoms with E-state index in [-0.39, 0.29) is 17.7 Å². The lowest BCUT2D eigenvalue weighted by Crippen LogP contribution is -2.26. The molecule has 0 saturated carbocycles. The van der Waals surface area contributed by atoms with Crippen LogP contribution in [0, 0.1) is 0 Å². The SMILES string of the molecule is C=CC(=O)N1CCC(c2cc(Nc3ccc4c(c3)NC(=O)CCC4)c3ncnn3c2)C1. The molecule has 2 aromatic heterocycles. The van der Waals surface area contributed by atoms with Gasteiger partial charge in [-0.05, 0) is 54.7 Å². The Morgan fingerprint density at radius 2 is 2.19 bits per heavy atom. The van der Waals surface area contributed by atoms with Gasteiger partial charge >= 0.3 is 0 Å². The van der Waals surface area contributed by atoms with Crippen molar-refractivity contribution in [3.63, 3.8) is 0 Å². The summed E-state index contributed by atoms with van der Waals surface area (Å²) in [4.78, 5) is 30.1. The number of nitrogens with one attached hydrogen (secondary N) is 2. The molecule has 5 rings (SSSR count). The number of carbonyl (C=O) groups excluding carboxylic acids is 2. The van der Waals surface area contributed by atoms with Gasteiger partial charge in [0.25, 0.3) is 0 Å². The first-order chi connectivity index (χ1) is 15.1. The molecule has 0 aliphatic carbocycles. The summed E-state index contributed by atoms with van der Waals surface area (Å²) in [6.45, 7) is 4.97. The number of anilines is 3. The molecule has 8 heteroatoms. The highest BCUT2D eigenvalue weighted by atomic mass is 16.2. The number of hydrogen-bond acceptors (Lipinski definition) is 5. The van der Waals surface area contributed by atoms with Crippen LogP contribution in [0.15, 0.2) is 49.4 Å². The van der Waals surface area contributed by atoms with Crippen LogP contribution in [0.4, 0.5) is 17.1 Å². The number of likely N-dealkylation sites (tertiary alicyclic amines) is 1. The number of rotatable bonds is 4. The number of amides is 2. The summed E-state index contributed by atoms with van der Waals surface area (Å²) in [6, 6.07) is 8.14. The Morgan fingerprint density at radius 1 is 1.29 bits per heavy atom. The molecule has 1 fully saturated rings. The number of fused-ring (bicyclic) bond motifs is 2. The van der Waals surface area contributed by atoms with Gasteiger partial charge in [0.15, 0.2) is 5.65 Å². The lowest BCUT2D eigenvalue weighted by Gasteiger charge is -2.16. The van der Waals surface area contributed by atoms with Gasteiger partial charge in [0.1, 0.15) is 6.33 Å². The number of benzene rings is 1. The zero-order valence-corrected chi connectivity index (χ0v) is 17.2. The molecule has 31 heavy (non-hydrogen) atoms. The van der Waals surface area contributed by atoms with E-state index in [1.54, 1.807) is 4.52 Å². The van der Waals surface area contributed by atoms with Crippen LogP contribution in [0.3, 0.4) is 0 Å². The molecule has 1 atom stereocenters. The molecule has 1 unspecified atom stereocenters. The van der Waals surface area contributed by atoms with Crippen LogP contribution in [-0.4, -0.2) is 44.4 Å². The Hall–Kier alpha value is -3.68. The van der Waals surface area contributed by atoms with Crippen LogP contribution in [0.25, 0.3) is 5.65 Å². The Balaban J connectivity index is 1.45. The molecule has 0 radical (unpaired) electrons. The standard InChI is InChI=1S/C23H24N6O2/c1-2-22(31)28-9-8-16(12-28)17-10-20(23-24-14-25-29(23)13-17)26-18-7-6-15-4-3-5-21(30)27-19(15)11-18/h2,6-7,10-11,13-14,16,26H,1,3-5,8-9,12H2,(H,27,30). The first kappa shape index (κ1) is 19.3. The normalized spacial score (nSPS) is 18.4. The van der Waals surface area contributed by atoms with Crippen molar-refractivity contribution >= 4 is 34.5 Å². The number of pyridine rings is 1. The molecule has 4 heterocycles. The monoisotopic (exact) mass is 416 g/mol. The minimum absolute atomic E-state index is 0.0327. The zero-order chi connectivity index (χ0) is 21.4. The van der Waals surface area contributed by atoms with E-state index in [4.69, 9.17) is 0 Å². The average molecular weight is 416 g/mol. The molecule has 1 aromatic carbocycles. The van der Waals surface area contributed by atoms with Crippen LogP contribution < -0.4 is 10.6 Å². The van der Waals surface area contributed by atoms with Crippen LogP contribution in [-0.2, 0) is 16.0 Å². The van der Waals surface area contributed by atoms with Gasteiger partial charge in [0.05, 0.1) is 5.69 Å². The number of hydrogen-bond donors (Lipinski definition) is 2. The van der Waals surface area contributed by atoms with Gasteiger partial charge in [-0.3, -0.25) is 9.59 Å². The molecule has 0 spiro atoms. The fourth-order valence-corrected chi connectivity index (χ4v) is 4.42. The van der Waals surface area contributed by atoms with E-state index < -0.39 is 0 Å². The first-order valence-corrected chi connectivity index (χ1v) is 10.5. The maximum atomic E-state index is 12.0. The topological polar surface area (TPSA) is 91.6 Å². The second kappa shape index (κ2) is 7.86. The van der Waals surface area contributed by atoms with E-state index >= 15 is 0 Å². The maximum Gasteiger partial charge on any atom is 0.245 e. The van der Waals surface area contributed by atoms with Crippen molar-refractivity contribution in [2.45, 2.75) is 31.6 Å². The quantitative estimate of drug-likeness (QED) is 0.637. The molecule has 8 nitrogen and oxygen atoms in total. The molecule has 1 saturated heterocycles. The third kappa shape index (κ3) is 3.76. The van der Waals surface area contributed by atoms with E-state index in [0.29, 0.717) is 13.0 Å². The Morgan fingerprint density at radius 3 is 3.06 bits per heavy atom. The lowest BCUT2D eigenvalue weighted by atomic mass is 10.00. The summed E-state index contributed by atoms with van der Waals surface area (Å²) >= 11 is 0.